The first-order valence-electron chi connectivity index (χ1n) is 6.58. The van der Waals surface area contributed by atoms with Crippen molar-refractivity contribution in [2.45, 2.75) is 18.8 Å². The van der Waals surface area contributed by atoms with Crippen molar-refractivity contribution < 1.29 is 0 Å². The monoisotopic (exact) mass is 338 g/mol. The Hall–Kier alpha value is -1.22. The molecule has 0 aliphatic rings. The van der Waals surface area contributed by atoms with Crippen LogP contribution in [0.1, 0.15) is 24.4 Å². The van der Waals surface area contributed by atoms with Crippen LogP contribution in [0, 0.1) is 0 Å². The van der Waals surface area contributed by atoms with Gasteiger partial charge in [0.15, 0.2) is 0 Å². The average molecular weight is 340 g/mol. The Balaban J connectivity index is 2.21. The third kappa shape index (κ3) is 2.64. The van der Waals surface area contributed by atoms with Crippen molar-refractivity contribution in [3.8, 4) is 0 Å². The molecule has 2 aromatic carbocycles. The molecule has 0 saturated carbocycles. The number of hydrogen-bond acceptors (Lipinski definition) is 1. The molecule has 3 rings (SSSR count). The summed E-state index contributed by atoms with van der Waals surface area (Å²) in [6, 6.07) is 13.6. The second kappa shape index (κ2) is 5.88. The summed E-state index contributed by atoms with van der Waals surface area (Å²) in [4.78, 5) is 4.57. The standard InChI is InChI=1S/C16H13Cl3N2/c1-10(11-4-2-5-12(18)8-11)21-14-7-3-6-13(19)16(14)20-15(21)9-17/h2-8,10H,9H2,1H3. The molecule has 0 bridgehead atoms. The van der Waals surface area contributed by atoms with Crippen LogP contribution in [0.2, 0.25) is 10.0 Å². The topological polar surface area (TPSA) is 17.8 Å². The summed E-state index contributed by atoms with van der Waals surface area (Å²) in [6.45, 7) is 2.10. The number of imidazole rings is 1. The molecule has 3 aromatic rings. The number of aromatic nitrogens is 2. The van der Waals surface area contributed by atoms with E-state index in [0.717, 1.165) is 22.4 Å². The molecule has 21 heavy (non-hydrogen) atoms. The number of benzene rings is 2. The Labute approximate surface area is 138 Å². The van der Waals surface area contributed by atoms with Crippen LogP contribution in [-0.2, 0) is 5.88 Å². The van der Waals surface area contributed by atoms with Crippen LogP contribution in [-0.4, -0.2) is 9.55 Å². The Bertz CT molecular complexity index is 795. The van der Waals surface area contributed by atoms with Crippen LogP contribution in [0.3, 0.4) is 0 Å². The number of para-hydroxylation sites is 1. The molecule has 1 aromatic heterocycles. The van der Waals surface area contributed by atoms with E-state index >= 15 is 0 Å². The maximum Gasteiger partial charge on any atom is 0.125 e. The van der Waals surface area contributed by atoms with E-state index in [1.54, 1.807) is 0 Å². The molecule has 0 radical (unpaired) electrons. The highest BCUT2D eigenvalue weighted by molar-refractivity contribution is 6.35. The van der Waals surface area contributed by atoms with Gasteiger partial charge in [0, 0.05) is 5.02 Å². The van der Waals surface area contributed by atoms with E-state index in [1.165, 1.54) is 0 Å². The lowest BCUT2D eigenvalue weighted by Crippen LogP contribution is -2.09. The van der Waals surface area contributed by atoms with Crippen molar-refractivity contribution in [3.63, 3.8) is 0 Å². The lowest BCUT2D eigenvalue weighted by atomic mass is 10.1. The van der Waals surface area contributed by atoms with E-state index in [9.17, 15) is 0 Å². The first-order chi connectivity index (χ1) is 10.1. The maximum atomic E-state index is 6.24. The summed E-state index contributed by atoms with van der Waals surface area (Å²) >= 11 is 18.4. The Morgan fingerprint density at radius 1 is 1.14 bits per heavy atom. The Morgan fingerprint density at radius 3 is 2.62 bits per heavy atom. The highest BCUT2D eigenvalue weighted by Crippen LogP contribution is 2.31. The molecule has 5 heteroatoms. The molecule has 2 nitrogen and oxygen atoms in total. The number of alkyl halides is 1. The van der Waals surface area contributed by atoms with Gasteiger partial charge in [-0.05, 0) is 36.8 Å². The summed E-state index contributed by atoms with van der Waals surface area (Å²) < 4.78 is 2.11. The molecule has 0 spiro atoms. The fraction of sp³-hybridized carbons (Fsp3) is 0.188. The maximum absolute atomic E-state index is 6.24. The van der Waals surface area contributed by atoms with Gasteiger partial charge in [0.05, 0.1) is 22.5 Å². The van der Waals surface area contributed by atoms with E-state index in [2.05, 4.69) is 16.5 Å². The average Bonchev–Trinajstić information content (AvgIpc) is 2.86. The normalized spacial score (nSPS) is 12.8. The molecule has 0 N–H and O–H groups in total. The van der Waals surface area contributed by atoms with Crippen LogP contribution in [0.25, 0.3) is 11.0 Å². The minimum Gasteiger partial charge on any atom is -0.320 e. The van der Waals surface area contributed by atoms with Crippen molar-refractivity contribution >= 4 is 45.8 Å². The van der Waals surface area contributed by atoms with Crippen LogP contribution in [0.15, 0.2) is 42.5 Å². The first kappa shape index (κ1) is 14.7. The zero-order valence-electron chi connectivity index (χ0n) is 11.4. The van der Waals surface area contributed by atoms with Gasteiger partial charge in [0.2, 0.25) is 0 Å². The highest BCUT2D eigenvalue weighted by atomic mass is 35.5. The fourth-order valence-electron chi connectivity index (χ4n) is 2.57. The van der Waals surface area contributed by atoms with Gasteiger partial charge >= 0.3 is 0 Å². The smallest absolute Gasteiger partial charge is 0.125 e. The minimum atomic E-state index is 0.0703. The number of rotatable bonds is 3. The van der Waals surface area contributed by atoms with Crippen LogP contribution >= 0.6 is 34.8 Å². The van der Waals surface area contributed by atoms with Crippen LogP contribution < -0.4 is 0 Å². The number of fused-ring (bicyclic) bond motifs is 1. The highest BCUT2D eigenvalue weighted by Gasteiger charge is 2.18. The molecule has 108 valence electrons. The lowest BCUT2D eigenvalue weighted by Gasteiger charge is -2.17. The third-order valence-corrected chi connectivity index (χ3v) is 4.36. The molecule has 0 fully saturated rings. The van der Waals surface area contributed by atoms with Crippen molar-refractivity contribution in [2.24, 2.45) is 0 Å². The lowest BCUT2D eigenvalue weighted by molar-refractivity contribution is 0.634. The van der Waals surface area contributed by atoms with Crippen LogP contribution in [0.5, 0.6) is 0 Å². The summed E-state index contributed by atoms with van der Waals surface area (Å²) in [5, 5.41) is 1.35. The van der Waals surface area contributed by atoms with Gasteiger partial charge in [-0.3, -0.25) is 0 Å². The van der Waals surface area contributed by atoms with Gasteiger partial charge in [-0.2, -0.15) is 0 Å². The van der Waals surface area contributed by atoms with E-state index in [-0.39, 0.29) is 6.04 Å². The summed E-state index contributed by atoms with van der Waals surface area (Å²) in [6.07, 6.45) is 0. The molecular formula is C16H13Cl3N2. The summed E-state index contributed by atoms with van der Waals surface area (Å²) in [5.74, 6) is 1.13. The van der Waals surface area contributed by atoms with Crippen molar-refractivity contribution in [1.29, 1.82) is 0 Å². The third-order valence-electron chi connectivity index (χ3n) is 3.58. The van der Waals surface area contributed by atoms with Gasteiger partial charge in [0.1, 0.15) is 11.3 Å². The molecule has 1 unspecified atom stereocenters. The van der Waals surface area contributed by atoms with Crippen molar-refractivity contribution in [1.82, 2.24) is 9.55 Å². The van der Waals surface area contributed by atoms with Crippen molar-refractivity contribution in [2.75, 3.05) is 0 Å². The van der Waals surface area contributed by atoms with Gasteiger partial charge in [0.25, 0.3) is 0 Å². The first-order valence-corrected chi connectivity index (χ1v) is 7.87. The molecule has 1 atom stereocenters. The zero-order chi connectivity index (χ0) is 15.0. The van der Waals surface area contributed by atoms with Gasteiger partial charge in [-0.15, -0.1) is 11.6 Å². The fourth-order valence-corrected chi connectivity index (χ4v) is 3.17. The predicted octanol–water partition coefficient (Wildman–Crippen LogP) is 5.69. The molecule has 0 saturated heterocycles. The molecule has 0 aliphatic heterocycles. The SMILES string of the molecule is CC(c1cccc(Cl)c1)n1c(CCl)nc2c(Cl)cccc21. The van der Waals surface area contributed by atoms with E-state index in [1.807, 2.05) is 42.5 Å². The van der Waals surface area contributed by atoms with Crippen LogP contribution in [0.4, 0.5) is 0 Å². The quantitative estimate of drug-likeness (QED) is 0.560. The van der Waals surface area contributed by atoms with Gasteiger partial charge in [-0.1, -0.05) is 41.4 Å². The summed E-state index contributed by atoms with van der Waals surface area (Å²) in [7, 11) is 0. The Morgan fingerprint density at radius 2 is 1.90 bits per heavy atom. The second-order valence-electron chi connectivity index (χ2n) is 4.87. The summed E-state index contributed by atoms with van der Waals surface area (Å²) in [5.41, 5.74) is 2.86. The predicted molar refractivity (Wildman–Crippen MR) is 89.6 cm³/mol. The van der Waals surface area contributed by atoms with Gasteiger partial charge in [-0.25, -0.2) is 4.98 Å². The number of halogens is 3. The number of hydrogen-bond donors (Lipinski definition) is 0. The Kier molecular flexibility index (Phi) is 4.12. The second-order valence-corrected chi connectivity index (χ2v) is 5.98. The molecule has 1 heterocycles. The van der Waals surface area contributed by atoms with E-state index in [0.29, 0.717) is 15.9 Å². The zero-order valence-corrected chi connectivity index (χ0v) is 13.6. The van der Waals surface area contributed by atoms with E-state index in [4.69, 9.17) is 34.8 Å². The largest absolute Gasteiger partial charge is 0.320 e. The van der Waals surface area contributed by atoms with Gasteiger partial charge < -0.3 is 4.57 Å². The molecule has 0 amide bonds. The number of nitrogens with zero attached hydrogens (tertiary/aromatic N) is 2. The minimum absolute atomic E-state index is 0.0703. The molecule has 0 aliphatic carbocycles. The van der Waals surface area contributed by atoms with Crippen molar-refractivity contribution in [3.05, 3.63) is 63.9 Å². The molecular weight excluding hydrogens is 327 g/mol. The van der Waals surface area contributed by atoms with E-state index < -0.39 is 0 Å².